The maximum absolute atomic E-state index is 13.1. The van der Waals surface area contributed by atoms with Gasteiger partial charge in [0.25, 0.3) is 0 Å². The molecule has 17 nitrogen and oxygen atoms in total. The lowest BCUT2D eigenvalue weighted by atomic mass is 10.1. The third kappa shape index (κ3) is 12.7. The maximum Gasteiger partial charge on any atom is 0.490 e. The third-order valence-corrected chi connectivity index (χ3v) is 5.74. The SMILES string of the molecule is NCCN1C[C@@H]2C[C@H]1C(=O)N[C@@H](CCCN=C(N)N)C(=O)NCC(=O)N[C@@H](CC(=O)O)C(=O)N2.O=C(O)C(F)(F)F. The number of carbonyl (C=O) groups is 6. The molecule has 0 aliphatic carbocycles. The number of alkyl halides is 3. The van der Waals surface area contributed by atoms with Crippen LogP contribution in [0.1, 0.15) is 25.7 Å². The van der Waals surface area contributed by atoms with Crippen LogP contribution in [-0.2, 0) is 28.8 Å². The first kappa shape index (κ1) is 34.8. The number of carboxylic acids is 2. The number of halogens is 3. The van der Waals surface area contributed by atoms with Crippen LogP contribution < -0.4 is 38.5 Å². The number of likely N-dealkylation sites (tertiary alicyclic amines) is 1. The Morgan fingerprint density at radius 3 is 2.17 bits per heavy atom. The molecule has 4 amide bonds. The Labute approximate surface area is 231 Å². The highest BCUT2D eigenvalue weighted by atomic mass is 19.4. The van der Waals surface area contributed by atoms with Crippen LogP contribution >= 0.6 is 0 Å². The van der Waals surface area contributed by atoms with Gasteiger partial charge in [0.05, 0.1) is 19.0 Å². The van der Waals surface area contributed by atoms with Crippen LogP contribution in [0.4, 0.5) is 13.2 Å². The topological polar surface area (TPSA) is 285 Å². The molecule has 2 heterocycles. The Kier molecular flexibility index (Phi) is 13.7. The zero-order valence-corrected chi connectivity index (χ0v) is 21.8. The molecule has 2 saturated heterocycles. The average Bonchev–Trinajstić information content (AvgIpc) is 3.25. The number of hydrogen-bond acceptors (Lipinski definition) is 9. The molecule has 0 aromatic carbocycles. The number of nitrogens with one attached hydrogen (secondary N) is 4. The van der Waals surface area contributed by atoms with Crippen molar-refractivity contribution in [3.05, 3.63) is 0 Å². The smallest absolute Gasteiger partial charge is 0.481 e. The number of guanidine groups is 1. The normalized spacial score (nSPS) is 23.9. The lowest BCUT2D eigenvalue weighted by Crippen LogP contribution is -2.55. The predicted octanol–water partition coefficient (Wildman–Crippen LogP) is -4.23. The Bertz CT molecular complexity index is 1010. The van der Waals surface area contributed by atoms with E-state index in [1.807, 2.05) is 0 Å². The minimum absolute atomic E-state index is 0.0939. The number of aliphatic carboxylic acids is 2. The number of carbonyl (C=O) groups excluding carboxylic acids is 4. The van der Waals surface area contributed by atoms with E-state index in [9.17, 15) is 37.1 Å². The average molecular weight is 598 g/mol. The fourth-order valence-electron chi connectivity index (χ4n) is 3.96. The van der Waals surface area contributed by atoms with Crippen LogP contribution in [0.3, 0.4) is 0 Å². The van der Waals surface area contributed by atoms with Gasteiger partial charge in [-0.1, -0.05) is 0 Å². The summed E-state index contributed by atoms with van der Waals surface area (Å²) in [5, 5.41) is 26.4. The molecule has 2 rings (SSSR count). The molecule has 41 heavy (non-hydrogen) atoms. The van der Waals surface area contributed by atoms with Crippen molar-refractivity contribution < 1.29 is 52.2 Å². The number of rotatable bonds is 8. The summed E-state index contributed by atoms with van der Waals surface area (Å²) in [6.45, 7) is 0.687. The van der Waals surface area contributed by atoms with Crippen LogP contribution in [0.25, 0.3) is 0 Å². The summed E-state index contributed by atoms with van der Waals surface area (Å²) in [6, 6.07) is -3.42. The fraction of sp³-hybridized carbons (Fsp3) is 0.667. The summed E-state index contributed by atoms with van der Waals surface area (Å²) in [5.74, 6) is -6.59. The van der Waals surface area contributed by atoms with Gasteiger partial charge in [0.2, 0.25) is 23.6 Å². The molecule has 0 radical (unpaired) electrons. The lowest BCUT2D eigenvalue weighted by Gasteiger charge is -2.25. The summed E-state index contributed by atoms with van der Waals surface area (Å²) in [6.07, 6.45) is -4.89. The number of carboxylic acid groups (broad SMARTS) is 2. The summed E-state index contributed by atoms with van der Waals surface area (Å²) in [5.41, 5.74) is 16.3. The highest BCUT2D eigenvalue weighted by Gasteiger charge is 2.40. The van der Waals surface area contributed by atoms with E-state index in [-0.39, 0.29) is 31.9 Å². The Morgan fingerprint density at radius 2 is 1.63 bits per heavy atom. The number of aliphatic imine (C=N–C) groups is 1. The summed E-state index contributed by atoms with van der Waals surface area (Å²) in [7, 11) is 0. The second kappa shape index (κ2) is 16.2. The van der Waals surface area contributed by atoms with Gasteiger partial charge >= 0.3 is 18.1 Å². The van der Waals surface area contributed by atoms with Crippen molar-refractivity contribution in [2.24, 2.45) is 22.2 Å². The van der Waals surface area contributed by atoms with Crippen LogP contribution in [0.5, 0.6) is 0 Å². The molecular formula is C21H34F3N9O8. The quantitative estimate of drug-likeness (QED) is 0.0731. The molecule has 4 atom stereocenters. The molecule has 0 unspecified atom stereocenters. The fourth-order valence-corrected chi connectivity index (χ4v) is 3.96. The maximum atomic E-state index is 13.1. The lowest BCUT2D eigenvalue weighted by molar-refractivity contribution is -0.192. The number of nitrogens with zero attached hydrogens (tertiary/aromatic N) is 2. The van der Waals surface area contributed by atoms with Crippen LogP contribution in [0, 0.1) is 0 Å². The standard InChI is InChI=1S/C19H33N9O6.C2HF3O2/c20-3-5-28-9-10-6-13(28)18(34)27-11(2-1-4-23-19(21)22)16(32)24-8-14(29)26-12(7-15(30)31)17(33)25-10;3-2(4,5)1(6)7/h10-13H,1-9,20H2,(H,24,32)(H,25,33)(H,26,29)(H,27,34)(H,30,31)(H4,21,22,23);(H,6,7)/t10-,11-,12-,13-;/m0./s1. The first-order chi connectivity index (χ1) is 19.0. The van der Waals surface area contributed by atoms with Gasteiger partial charge in [-0.25, -0.2) is 4.79 Å². The molecule has 12 N–H and O–H groups in total. The first-order valence-electron chi connectivity index (χ1n) is 12.2. The van der Waals surface area contributed by atoms with Crippen molar-refractivity contribution in [1.29, 1.82) is 0 Å². The monoisotopic (exact) mass is 597 g/mol. The Morgan fingerprint density at radius 1 is 1.00 bits per heavy atom. The molecule has 2 bridgehead atoms. The van der Waals surface area contributed by atoms with Gasteiger partial charge in [0, 0.05) is 32.2 Å². The molecule has 0 aromatic rings. The van der Waals surface area contributed by atoms with E-state index < -0.39 is 78.9 Å². The third-order valence-electron chi connectivity index (χ3n) is 5.74. The first-order valence-corrected chi connectivity index (χ1v) is 12.2. The van der Waals surface area contributed by atoms with Gasteiger partial charge in [0.1, 0.15) is 12.1 Å². The van der Waals surface area contributed by atoms with Crippen molar-refractivity contribution in [1.82, 2.24) is 26.2 Å². The van der Waals surface area contributed by atoms with Crippen molar-refractivity contribution in [2.75, 3.05) is 32.7 Å². The second-order valence-electron chi connectivity index (χ2n) is 8.99. The number of fused-ring (bicyclic) bond motifs is 2. The highest BCUT2D eigenvalue weighted by Crippen LogP contribution is 2.19. The number of nitrogens with two attached hydrogens (primary N) is 3. The molecule has 0 spiro atoms. The zero-order chi connectivity index (χ0) is 31.3. The molecule has 20 heteroatoms. The summed E-state index contributed by atoms with van der Waals surface area (Å²) < 4.78 is 31.7. The molecule has 232 valence electrons. The summed E-state index contributed by atoms with van der Waals surface area (Å²) in [4.78, 5) is 76.5. The molecule has 2 aliphatic heterocycles. The van der Waals surface area contributed by atoms with E-state index in [4.69, 9.17) is 32.2 Å². The molecule has 0 saturated carbocycles. The van der Waals surface area contributed by atoms with Gasteiger partial charge in [-0.05, 0) is 19.3 Å². The van der Waals surface area contributed by atoms with Gasteiger partial charge < -0.3 is 48.7 Å². The molecule has 2 aliphatic rings. The van der Waals surface area contributed by atoms with E-state index in [2.05, 4.69) is 26.3 Å². The Balaban J connectivity index is 0.00000106. The zero-order valence-electron chi connectivity index (χ0n) is 21.8. The molecular weight excluding hydrogens is 563 g/mol. The minimum Gasteiger partial charge on any atom is -0.481 e. The van der Waals surface area contributed by atoms with Crippen LogP contribution in [0.2, 0.25) is 0 Å². The summed E-state index contributed by atoms with van der Waals surface area (Å²) >= 11 is 0. The largest absolute Gasteiger partial charge is 0.490 e. The molecule has 2 fully saturated rings. The van der Waals surface area contributed by atoms with E-state index >= 15 is 0 Å². The van der Waals surface area contributed by atoms with Crippen molar-refractivity contribution in [3.63, 3.8) is 0 Å². The van der Waals surface area contributed by atoms with E-state index in [0.29, 0.717) is 19.5 Å². The van der Waals surface area contributed by atoms with Crippen molar-refractivity contribution in [3.8, 4) is 0 Å². The Hall–Kier alpha value is -4.20. The van der Waals surface area contributed by atoms with Gasteiger partial charge in [-0.3, -0.25) is 33.9 Å². The van der Waals surface area contributed by atoms with E-state index in [1.165, 1.54) is 0 Å². The van der Waals surface area contributed by atoms with Gasteiger partial charge in [0.15, 0.2) is 5.96 Å². The van der Waals surface area contributed by atoms with Gasteiger partial charge in [-0.2, -0.15) is 13.2 Å². The van der Waals surface area contributed by atoms with Crippen molar-refractivity contribution >= 4 is 41.5 Å². The van der Waals surface area contributed by atoms with E-state index in [0.717, 1.165) is 0 Å². The van der Waals surface area contributed by atoms with E-state index in [1.54, 1.807) is 4.90 Å². The predicted molar refractivity (Wildman–Crippen MR) is 134 cm³/mol. The number of hydrogen-bond donors (Lipinski definition) is 9. The van der Waals surface area contributed by atoms with Crippen LogP contribution in [0.15, 0.2) is 4.99 Å². The minimum atomic E-state index is -5.08. The van der Waals surface area contributed by atoms with Crippen molar-refractivity contribution in [2.45, 2.75) is 56.0 Å². The highest BCUT2D eigenvalue weighted by molar-refractivity contribution is 5.95. The second-order valence-corrected chi connectivity index (χ2v) is 8.99. The van der Waals surface area contributed by atoms with Gasteiger partial charge in [-0.15, -0.1) is 0 Å². The molecule has 0 aromatic heterocycles. The number of amides is 4. The van der Waals surface area contributed by atoms with Crippen LogP contribution in [-0.4, -0.2) is 120 Å².